The highest BCUT2D eigenvalue weighted by molar-refractivity contribution is 5.77. The van der Waals surface area contributed by atoms with Crippen LogP contribution in [0.15, 0.2) is 12.4 Å². The first-order valence-corrected chi connectivity index (χ1v) is 5.13. The molecule has 6 heteroatoms. The van der Waals surface area contributed by atoms with E-state index < -0.39 is 0 Å². The first kappa shape index (κ1) is 12.4. The topological polar surface area (TPSA) is 84.1 Å². The van der Waals surface area contributed by atoms with Crippen LogP contribution in [0, 0.1) is 0 Å². The van der Waals surface area contributed by atoms with Gasteiger partial charge in [0.25, 0.3) is 0 Å². The Kier molecular flexibility index (Phi) is 4.65. The summed E-state index contributed by atoms with van der Waals surface area (Å²) in [6, 6.07) is 0. The summed E-state index contributed by atoms with van der Waals surface area (Å²) in [6.07, 6.45) is 3.12. The van der Waals surface area contributed by atoms with Crippen molar-refractivity contribution in [3.05, 3.63) is 18.1 Å². The van der Waals surface area contributed by atoms with E-state index in [4.69, 9.17) is 5.73 Å². The van der Waals surface area contributed by atoms with E-state index in [1.54, 1.807) is 6.20 Å². The van der Waals surface area contributed by atoms with E-state index in [1.807, 2.05) is 18.9 Å². The zero-order valence-electron chi connectivity index (χ0n) is 9.60. The average Bonchev–Trinajstić information content (AvgIpc) is 2.21. The van der Waals surface area contributed by atoms with Gasteiger partial charge in [-0.1, -0.05) is 0 Å². The molecule has 1 amide bonds. The third kappa shape index (κ3) is 4.22. The number of nitrogens with two attached hydrogens (primary N) is 1. The number of carbonyl (C=O) groups is 1. The van der Waals surface area contributed by atoms with Crippen molar-refractivity contribution in [1.29, 1.82) is 0 Å². The van der Waals surface area contributed by atoms with Gasteiger partial charge in [0.15, 0.2) is 0 Å². The molecule has 0 aliphatic heterocycles. The van der Waals surface area contributed by atoms with Crippen molar-refractivity contribution in [3.8, 4) is 0 Å². The predicted octanol–water partition coefficient (Wildman–Crippen LogP) is -0.373. The number of hydrogen-bond donors (Lipinski definition) is 2. The lowest BCUT2D eigenvalue weighted by atomic mass is 10.4. The summed E-state index contributed by atoms with van der Waals surface area (Å²) in [4.78, 5) is 21.2. The van der Waals surface area contributed by atoms with E-state index in [-0.39, 0.29) is 5.91 Å². The van der Waals surface area contributed by atoms with Crippen molar-refractivity contribution in [2.24, 2.45) is 0 Å². The van der Waals surface area contributed by atoms with Crippen molar-refractivity contribution in [3.63, 3.8) is 0 Å². The van der Waals surface area contributed by atoms with Crippen LogP contribution in [0.1, 0.15) is 12.6 Å². The largest absolute Gasteiger partial charge is 0.382 e. The minimum absolute atomic E-state index is 0.00778. The smallest absolute Gasteiger partial charge is 0.234 e. The minimum Gasteiger partial charge on any atom is -0.382 e. The lowest BCUT2D eigenvalue weighted by Crippen LogP contribution is -2.34. The highest BCUT2D eigenvalue weighted by Crippen LogP contribution is 1.99. The molecule has 0 aliphatic carbocycles. The van der Waals surface area contributed by atoms with Gasteiger partial charge in [0.1, 0.15) is 5.82 Å². The van der Waals surface area contributed by atoms with Crippen LogP contribution in [0.3, 0.4) is 0 Å². The first-order valence-electron chi connectivity index (χ1n) is 5.13. The predicted molar refractivity (Wildman–Crippen MR) is 61.5 cm³/mol. The Balaban J connectivity index is 2.42. The van der Waals surface area contributed by atoms with Gasteiger partial charge >= 0.3 is 0 Å². The number of rotatable bonds is 5. The van der Waals surface area contributed by atoms with Gasteiger partial charge in [-0.15, -0.1) is 0 Å². The molecule has 1 aromatic rings. The molecule has 0 spiro atoms. The second-order valence-corrected chi connectivity index (χ2v) is 3.56. The highest BCUT2D eigenvalue weighted by atomic mass is 16.1. The molecule has 0 radical (unpaired) electrons. The van der Waals surface area contributed by atoms with Gasteiger partial charge < -0.3 is 11.1 Å². The van der Waals surface area contributed by atoms with Crippen LogP contribution in [0.25, 0.3) is 0 Å². The van der Waals surface area contributed by atoms with Gasteiger partial charge in [-0.2, -0.15) is 0 Å². The number of anilines is 1. The Bertz CT molecular complexity index is 338. The lowest BCUT2D eigenvalue weighted by Gasteiger charge is -2.15. The SMILES string of the molecule is CCNC(=O)CN(C)Cc1cnc(N)cn1. The summed E-state index contributed by atoms with van der Waals surface area (Å²) < 4.78 is 0. The van der Waals surface area contributed by atoms with Crippen molar-refractivity contribution in [1.82, 2.24) is 20.2 Å². The van der Waals surface area contributed by atoms with Crippen molar-refractivity contribution >= 4 is 11.7 Å². The fourth-order valence-electron chi connectivity index (χ4n) is 1.28. The van der Waals surface area contributed by atoms with E-state index in [0.29, 0.717) is 25.5 Å². The van der Waals surface area contributed by atoms with Crippen LogP contribution >= 0.6 is 0 Å². The number of nitrogens with zero attached hydrogens (tertiary/aromatic N) is 3. The van der Waals surface area contributed by atoms with Gasteiger partial charge in [0.05, 0.1) is 24.6 Å². The van der Waals surface area contributed by atoms with Gasteiger partial charge in [-0.25, -0.2) is 4.98 Å². The fraction of sp³-hybridized carbons (Fsp3) is 0.500. The Hall–Kier alpha value is -1.69. The van der Waals surface area contributed by atoms with Crippen LogP contribution in [-0.2, 0) is 11.3 Å². The zero-order chi connectivity index (χ0) is 12.0. The number of hydrogen-bond acceptors (Lipinski definition) is 5. The standard InChI is InChI=1S/C10H17N5O/c1-3-12-10(16)7-15(2)6-8-4-14-9(11)5-13-8/h4-5H,3,6-7H2,1-2H3,(H2,11,14)(H,12,16). The molecule has 3 N–H and O–H groups in total. The first-order chi connectivity index (χ1) is 7.61. The summed E-state index contributed by atoms with van der Waals surface area (Å²) in [5.74, 6) is 0.406. The van der Waals surface area contributed by atoms with Crippen molar-refractivity contribution < 1.29 is 4.79 Å². The van der Waals surface area contributed by atoms with Crippen LogP contribution in [0.4, 0.5) is 5.82 Å². The third-order valence-corrected chi connectivity index (χ3v) is 1.94. The molecule has 0 saturated heterocycles. The van der Waals surface area contributed by atoms with E-state index in [1.165, 1.54) is 6.20 Å². The molecule has 0 fully saturated rings. The maximum absolute atomic E-state index is 11.3. The number of aromatic nitrogens is 2. The normalized spacial score (nSPS) is 10.4. The second kappa shape index (κ2) is 6.02. The molecule has 0 saturated carbocycles. The summed E-state index contributed by atoms with van der Waals surface area (Å²) >= 11 is 0. The summed E-state index contributed by atoms with van der Waals surface area (Å²) in [5, 5.41) is 2.73. The molecule has 0 bridgehead atoms. The number of amides is 1. The Morgan fingerprint density at radius 1 is 1.50 bits per heavy atom. The maximum Gasteiger partial charge on any atom is 0.234 e. The molecule has 1 aromatic heterocycles. The Morgan fingerprint density at radius 3 is 2.81 bits per heavy atom. The Labute approximate surface area is 94.9 Å². The third-order valence-electron chi connectivity index (χ3n) is 1.94. The van der Waals surface area contributed by atoms with E-state index in [2.05, 4.69) is 15.3 Å². The number of carbonyl (C=O) groups excluding carboxylic acids is 1. The molecule has 0 unspecified atom stereocenters. The van der Waals surface area contributed by atoms with Gasteiger partial charge in [-0.05, 0) is 14.0 Å². The summed E-state index contributed by atoms with van der Waals surface area (Å²) in [7, 11) is 1.85. The molecule has 0 atom stereocenters. The van der Waals surface area contributed by atoms with E-state index in [0.717, 1.165) is 5.69 Å². The Morgan fingerprint density at radius 2 is 2.25 bits per heavy atom. The number of nitrogens with one attached hydrogen (secondary N) is 1. The quantitative estimate of drug-likeness (QED) is 0.711. The molecular weight excluding hydrogens is 206 g/mol. The van der Waals surface area contributed by atoms with E-state index in [9.17, 15) is 4.79 Å². The molecule has 0 aromatic carbocycles. The monoisotopic (exact) mass is 223 g/mol. The summed E-state index contributed by atoms with van der Waals surface area (Å²) in [6.45, 7) is 3.46. The maximum atomic E-state index is 11.3. The van der Waals surface area contributed by atoms with Crippen molar-refractivity contribution in [2.75, 3.05) is 25.9 Å². The van der Waals surface area contributed by atoms with Crippen LogP contribution in [0.5, 0.6) is 0 Å². The van der Waals surface area contributed by atoms with Gasteiger partial charge in [0, 0.05) is 13.1 Å². The number of likely N-dealkylation sites (N-methyl/N-ethyl adjacent to an activating group) is 2. The summed E-state index contributed by atoms with van der Waals surface area (Å²) in [5.41, 5.74) is 6.22. The lowest BCUT2D eigenvalue weighted by molar-refractivity contribution is -0.121. The molecular formula is C10H17N5O. The van der Waals surface area contributed by atoms with Gasteiger partial charge in [0.2, 0.25) is 5.91 Å². The average molecular weight is 223 g/mol. The van der Waals surface area contributed by atoms with Gasteiger partial charge in [-0.3, -0.25) is 14.7 Å². The van der Waals surface area contributed by atoms with Crippen LogP contribution in [-0.4, -0.2) is 40.9 Å². The molecule has 16 heavy (non-hydrogen) atoms. The van der Waals surface area contributed by atoms with Crippen LogP contribution < -0.4 is 11.1 Å². The van der Waals surface area contributed by atoms with Crippen LogP contribution in [0.2, 0.25) is 0 Å². The minimum atomic E-state index is 0.00778. The molecule has 88 valence electrons. The molecule has 1 heterocycles. The molecule has 0 aliphatic rings. The number of nitrogen functional groups attached to an aromatic ring is 1. The highest BCUT2D eigenvalue weighted by Gasteiger charge is 2.06. The zero-order valence-corrected chi connectivity index (χ0v) is 9.60. The van der Waals surface area contributed by atoms with Crippen molar-refractivity contribution in [2.45, 2.75) is 13.5 Å². The fourth-order valence-corrected chi connectivity index (χ4v) is 1.28. The molecule has 6 nitrogen and oxygen atoms in total. The second-order valence-electron chi connectivity index (χ2n) is 3.56. The van der Waals surface area contributed by atoms with E-state index >= 15 is 0 Å². The molecule has 1 rings (SSSR count).